The molecular weight excluding hydrogens is 228 g/mol. The molecule has 0 aliphatic carbocycles. The Morgan fingerprint density at radius 3 is 3.17 bits per heavy atom. The average Bonchev–Trinajstić information content (AvgIpc) is 2.77. The van der Waals surface area contributed by atoms with Crippen LogP contribution in [0, 0.1) is 6.92 Å². The van der Waals surface area contributed by atoms with Gasteiger partial charge in [0.25, 0.3) is 5.78 Å². The molecule has 0 aromatic carbocycles. The number of rotatable bonds is 2. The van der Waals surface area contributed by atoms with Crippen LogP contribution in [0.15, 0.2) is 12.4 Å². The predicted octanol–water partition coefficient (Wildman–Crippen LogP) is 0.939. The van der Waals surface area contributed by atoms with E-state index in [0.29, 0.717) is 11.8 Å². The van der Waals surface area contributed by atoms with Gasteiger partial charge in [0.2, 0.25) is 0 Å². The van der Waals surface area contributed by atoms with Crippen LogP contribution in [0.3, 0.4) is 0 Å². The van der Waals surface area contributed by atoms with Crippen molar-refractivity contribution in [2.24, 2.45) is 0 Å². The third-order valence-electron chi connectivity index (χ3n) is 3.36. The van der Waals surface area contributed by atoms with Crippen molar-refractivity contribution >= 4 is 11.6 Å². The van der Waals surface area contributed by atoms with Crippen LogP contribution in [0.5, 0.6) is 0 Å². The van der Waals surface area contributed by atoms with Gasteiger partial charge in [-0.25, -0.2) is 4.98 Å². The van der Waals surface area contributed by atoms with E-state index in [4.69, 9.17) is 0 Å². The minimum absolute atomic E-state index is 0.470. The van der Waals surface area contributed by atoms with E-state index in [2.05, 4.69) is 32.3 Å². The lowest BCUT2D eigenvalue weighted by Gasteiger charge is -2.30. The second kappa shape index (κ2) is 4.53. The monoisotopic (exact) mass is 246 g/mol. The molecule has 1 saturated heterocycles. The van der Waals surface area contributed by atoms with E-state index in [0.717, 1.165) is 18.1 Å². The summed E-state index contributed by atoms with van der Waals surface area (Å²) in [6.07, 6.45) is 3.97. The van der Waals surface area contributed by atoms with Gasteiger partial charge in [-0.3, -0.25) is 0 Å². The fourth-order valence-electron chi connectivity index (χ4n) is 2.53. The Morgan fingerprint density at radius 1 is 1.44 bits per heavy atom. The van der Waals surface area contributed by atoms with E-state index in [-0.39, 0.29) is 0 Å². The Kier molecular flexibility index (Phi) is 2.87. The first-order chi connectivity index (χ1) is 8.72. The number of anilines is 1. The number of likely N-dealkylation sites (tertiary alicyclic amines) is 1. The smallest absolute Gasteiger partial charge is 0.254 e. The summed E-state index contributed by atoms with van der Waals surface area (Å²) in [6, 6.07) is 2.49. The molecule has 6 nitrogen and oxygen atoms in total. The topological polar surface area (TPSA) is 58.4 Å². The molecule has 1 aliphatic rings. The highest BCUT2D eigenvalue weighted by Crippen LogP contribution is 2.16. The second-order valence-electron chi connectivity index (χ2n) is 5.00. The van der Waals surface area contributed by atoms with Crippen molar-refractivity contribution in [2.45, 2.75) is 25.8 Å². The number of aryl methyl sites for hydroxylation is 1. The Balaban J connectivity index is 1.87. The lowest BCUT2D eigenvalue weighted by molar-refractivity contribution is 0.260. The molecule has 0 bridgehead atoms. The number of piperidine rings is 1. The molecule has 0 spiro atoms. The number of likely N-dealkylation sites (N-methyl/N-ethyl adjacent to an activating group) is 1. The predicted molar refractivity (Wildman–Crippen MR) is 69.7 cm³/mol. The first-order valence-electron chi connectivity index (χ1n) is 6.35. The lowest BCUT2D eigenvalue weighted by Crippen LogP contribution is -2.40. The highest BCUT2D eigenvalue weighted by atomic mass is 15.4. The van der Waals surface area contributed by atoms with E-state index >= 15 is 0 Å². The van der Waals surface area contributed by atoms with Crippen molar-refractivity contribution in [3.8, 4) is 0 Å². The molecule has 1 atom stereocenters. The van der Waals surface area contributed by atoms with Crippen molar-refractivity contribution in [3.05, 3.63) is 18.1 Å². The van der Waals surface area contributed by atoms with Crippen LogP contribution < -0.4 is 5.32 Å². The van der Waals surface area contributed by atoms with Gasteiger partial charge < -0.3 is 10.2 Å². The summed E-state index contributed by atoms with van der Waals surface area (Å²) in [7, 11) is 2.16. The zero-order valence-electron chi connectivity index (χ0n) is 10.8. The van der Waals surface area contributed by atoms with Gasteiger partial charge in [0.05, 0.1) is 0 Å². The van der Waals surface area contributed by atoms with Crippen LogP contribution in [0.25, 0.3) is 5.78 Å². The minimum Gasteiger partial charge on any atom is -0.366 e. The van der Waals surface area contributed by atoms with E-state index in [1.807, 2.05) is 13.0 Å². The number of nitrogens with zero attached hydrogens (tertiary/aromatic N) is 5. The molecule has 2 aromatic heterocycles. The molecule has 18 heavy (non-hydrogen) atoms. The number of hydrogen-bond donors (Lipinski definition) is 1. The average molecular weight is 246 g/mol. The van der Waals surface area contributed by atoms with Gasteiger partial charge in [0.1, 0.15) is 12.1 Å². The van der Waals surface area contributed by atoms with E-state index in [1.54, 1.807) is 10.8 Å². The molecule has 0 amide bonds. The zero-order valence-corrected chi connectivity index (χ0v) is 10.8. The first kappa shape index (κ1) is 11.4. The van der Waals surface area contributed by atoms with Gasteiger partial charge in [-0.05, 0) is 33.4 Å². The van der Waals surface area contributed by atoms with Crippen LogP contribution in [-0.2, 0) is 0 Å². The van der Waals surface area contributed by atoms with Gasteiger partial charge in [-0.2, -0.15) is 14.6 Å². The molecule has 0 saturated carbocycles. The standard InChI is InChI=1S/C12H18N6/c1-9-6-11(18-12(15-9)13-8-14-18)16-10-4-3-5-17(2)7-10/h6,8,10,16H,3-5,7H2,1-2H3. The molecule has 1 aliphatic heterocycles. The van der Waals surface area contributed by atoms with E-state index in [1.165, 1.54) is 19.4 Å². The molecule has 96 valence electrons. The molecule has 1 unspecified atom stereocenters. The van der Waals surface area contributed by atoms with Crippen LogP contribution in [0.4, 0.5) is 5.82 Å². The maximum absolute atomic E-state index is 4.34. The van der Waals surface area contributed by atoms with Crippen molar-refractivity contribution in [2.75, 3.05) is 25.5 Å². The highest BCUT2D eigenvalue weighted by Gasteiger charge is 2.18. The van der Waals surface area contributed by atoms with Gasteiger partial charge in [-0.1, -0.05) is 0 Å². The van der Waals surface area contributed by atoms with Gasteiger partial charge in [0, 0.05) is 24.3 Å². The van der Waals surface area contributed by atoms with Crippen LogP contribution in [0.1, 0.15) is 18.5 Å². The molecular formula is C12H18N6. The molecule has 1 N–H and O–H groups in total. The summed E-state index contributed by atoms with van der Waals surface area (Å²) < 4.78 is 1.77. The Morgan fingerprint density at radius 2 is 2.33 bits per heavy atom. The molecule has 2 aromatic rings. The van der Waals surface area contributed by atoms with Gasteiger partial charge in [-0.15, -0.1) is 0 Å². The van der Waals surface area contributed by atoms with Crippen molar-refractivity contribution in [1.82, 2.24) is 24.5 Å². The fraction of sp³-hybridized carbons (Fsp3) is 0.583. The molecule has 1 fully saturated rings. The summed E-state index contributed by atoms with van der Waals surface area (Å²) in [4.78, 5) is 10.8. The number of nitrogens with one attached hydrogen (secondary N) is 1. The Bertz CT molecular complexity index is 548. The van der Waals surface area contributed by atoms with Gasteiger partial charge in [0.15, 0.2) is 0 Å². The summed E-state index contributed by atoms with van der Waals surface area (Å²) in [5.41, 5.74) is 0.960. The first-order valence-corrected chi connectivity index (χ1v) is 6.35. The molecule has 6 heteroatoms. The van der Waals surface area contributed by atoms with Crippen LogP contribution in [-0.4, -0.2) is 50.7 Å². The summed E-state index contributed by atoms with van der Waals surface area (Å²) >= 11 is 0. The highest BCUT2D eigenvalue weighted by molar-refractivity contribution is 5.45. The SMILES string of the molecule is Cc1cc(NC2CCCN(C)C2)n2ncnc2n1. The van der Waals surface area contributed by atoms with Crippen molar-refractivity contribution < 1.29 is 0 Å². The molecule has 0 radical (unpaired) electrons. The van der Waals surface area contributed by atoms with Crippen LogP contribution in [0.2, 0.25) is 0 Å². The molecule has 3 rings (SSSR count). The Hall–Kier alpha value is -1.69. The quantitative estimate of drug-likeness (QED) is 0.854. The molecule has 3 heterocycles. The maximum atomic E-state index is 4.34. The third kappa shape index (κ3) is 2.15. The van der Waals surface area contributed by atoms with E-state index < -0.39 is 0 Å². The number of hydrogen-bond acceptors (Lipinski definition) is 5. The lowest BCUT2D eigenvalue weighted by atomic mass is 10.1. The summed E-state index contributed by atoms with van der Waals surface area (Å²) in [5, 5.41) is 7.77. The third-order valence-corrected chi connectivity index (χ3v) is 3.36. The fourth-order valence-corrected chi connectivity index (χ4v) is 2.53. The number of aromatic nitrogens is 4. The van der Waals surface area contributed by atoms with Crippen molar-refractivity contribution in [1.29, 1.82) is 0 Å². The van der Waals surface area contributed by atoms with Crippen LogP contribution >= 0.6 is 0 Å². The normalized spacial score (nSPS) is 21.3. The van der Waals surface area contributed by atoms with Crippen molar-refractivity contribution in [3.63, 3.8) is 0 Å². The zero-order chi connectivity index (χ0) is 12.5. The van der Waals surface area contributed by atoms with Gasteiger partial charge >= 0.3 is 0 Å². The maximum Gasteiger partial charge on any atom is 0.254 e. The largest absolute Gasteiger partial charge is 0.366 e. The minimum atomic E-state index is 0.470. The number of fused-ring (bicyclic) bond motifs is 1. The Labute approximate surface area is 106 Å². The second-order valence-corrected chi connectivity index (χ2v) is 5.00. The van der Waals surface area contributed by atoms with E-state index in [9.17, 15) is 0 Å². The summed E-state index contributed by atoms with van der Waals surface area (Å²) in [5.74, 6) is 1.64. The summed E-state index contributed by atoms with van der Waals surface area (Å²) in [6.45, 7) is 4.23.